The van der Waals surface area contributed by atoms with Gasteiger partial charge in [0, 0.05) is 49.7 Å². The van der Waals surface area contributed by atoms with Crippen LogP contribution in [0.4, 0.5) is 19.3 Å². The molecule has 16 heteroatoms. The zero-order valence-corrected chi connectivity index (χ0v) is 22.7. The summed E-state index contributed by atoms with van der Waals surface area (Å²) in [6, 6.07) is -0.129. The molecule has 1 aromatic heterocycles. The number of amides is 2. The molecule has 2 amide bonds. The maximum Gasteiger partial charge on any atom is 0.410 e. The van der Waals surface area contributed by atoms with Gasteiger partial charge in [0.05, 0.1) is 10.9 Å². The summed E-state index contributed by atoms with van der Waals surface area (Å²) in [5.74, 6) is -5.13. The number of aromatic carboxylic acids is 1. The van der Waals surface area contributed by atoms with E-state index in [1.165, 1.54) is 26.1 Å². The molecule has 4 aliphatic rings. The number of hydrogen-bond acceptors (Lipinski definition) is 9. The van der Waals surface area contributed by atoms with Gasteiger partial charge in [-0.1, -0.05) is 0 Å². The molecule has 6 rings (SSSR count). The predicted molar refractivity (Wildman–Crippen MR) is 144 cm³/mol. The van der Waals surface area contributed by atoms with Crippen molar-refractivity contribution in [1.82, 2.24) is 14.4 Å². The third kappa shape index (κ3) is 4.45. The molecule has 4 N–H and O–H groups in total. The van der Waals surface area contributed by atoms with Gasteiger partial charge in [-0.15, -0.1) is 11.8 Å². The molecule has 0 bridgehead atoms. The number of piperazine rings is 1. The summed E-state index contributed by atoms with van der Waals surface area (Å²) in [7, 11) is 0. The van der Waals surface area contributed by atoms with Crippen molar-refractivity contribution in [3.05, 3.63) is 51.0 Å². The van der Waals surface area contributed by atoms with E-state index >= 15 is 8.78 Å². The van der Waals surface area contributed by atoms with Crippen LogP contribution in [0.3, 0.4) is 0 Å². The van der Waals surface area contributed by atoms with Gasteiger partial charge in [-0.05, 0) is 18.9 Å². The van der Waals surface area contributed by atoms with Crippen molar-refractivity contribution in [2.75, 3.05) is 43.4 Å². The van der Waals surface area contributed by atoms with Crippen molar-refractivity contribution in [2.24, 2.45) is 5.73 Å². The molecule has 2 aromatic rings. The number of thioether (sulfide) groups is 1. The number of ether oxygens (including phenoxy) is 1. The Bertz CT molecular complexity index is 1650. The standard InChI is InChI=1S/C26H25F2N5O8S/c27-15-7-13-19(32(12-1-2-12)8-14(21(13)34)24(36)37)16(28)20(15)30-3-5-31(6-4-30)26(40)41-9-11-10-42-23-17(29)22(35)33(23)18(11)25(38)39/h7-8,12,17,23H,1-6,9-10,29H2,(H,36,37)(H,38,39)/t17-,23-/m1/s1. The molecule has 3 fully saturated rings. The molecule has 1 aromatic carbocycles. The fraction of sp³-hybridized carbons (Fsp3) is 0.423. The van der Waals surface area contributed by atoms with Gasteiger partial charge in [0.25, 0.3) is 0 Å². The monoisotopic (exact) mass is 605 g/mol. The van der Waals surface area contributed by atoms with Gasteiger partial charge in [-0.3, -0.25) is 14.5 Å². The lowest BCUT2D eigenvalue weighted by atomic mass is 10.0. The van der Waals surface area contributed by atoms with Crippen LogP contribution in [-0.2, 0) is 14.3 Å². The molecule has 13 nitrogen and oxygen atoms in total. The van der Waals surface area contributed by atoms with Crippen molar-refractivity contribution < 1.29 is 42.9 Å². The molecule has 222 valence electrons. The highest BCUT2D eigenvalue weighted by Crippen LogP contribution is 2.41. The van der Waals surface area contributed by atoms with Gasteiger partial charge < -0.3 is 35.1 Å². The zero-order valence-electron chi connectivity index (χ0n) is 21.9. The topological polar surface area (TPSA) is 176 Å². The van der Waals surface area contributed by atoms with Crippen LogP contribution in [0.5, 0.6) is 0 Å². The third-order valence-electron chi connectivity index (χ3n) is 7.87. The van der Waals surface area contributed by atoms with Crippen LogP contribution < -0.4 is 16.1 Å². The number of fused-ring (bicyclic) bond motifs is 2. The number of carboxylic acid groups (broad SMARTS) is 2. The molecule has 1 aliphatic carbocycles. The first-order valence-electron chi connectivity index (χ1n) is 13.1. The fourth-order valence-corrected chi connectivity index (χ4v) is 6.83. The first kappa shape index (κ1) is 28.0. The minimum absolute atomic E-state index is 0.0239. The van der Waals surface area contributed by atoms with Crippen molar-refractivity contribution >= 4 is 52.3 Å². The molecule has 3 aliphatic heterocycles. The SMILES string of the molecule is N[C@@H]1C(=O)N2C(C(=O)O)=C(COC(=O)N3CCN(c4c(F)cc5c(=O)c(C(=O)O)cn(C6CC6)c5c4F)CC3)CS[C@H]12. The van der Waals surface area contributed by atoms with E-state index in [1.54, 1.807) is 0 Å². The fourth-order valence-electron chi connectivity index (χ4n) is 5.56. The molecule has 0 radical (unpaired) electrons. The lowest BCUT2D eigenvalue weighted by Crippen LogP contribution is -2.68. The summed E-state index contributed by atoms with van der Waals surface area (Å²) in [6.07, 6.45) is 1.67. The number of halogens is 2. The van der Waals surface area contributed by atoms with E-state index in [-0.39, 0.29) is 72.4 Å². The number of β-lactam (4-membered cyclic amide) rings is 1. The molecule has 2 saturated heterocycles. The second kappa shape index (κ2) is 10.3. The number of aromatic nitrogens is 1. The van der Waals surface area contributed by atoms with Crippen LogP contribution in [0.25, 0.3) is 10.9 Å². The number of carbonyl (C=O) groups is 4. The number of benzene rings is 1. The molecule has 0 spiro atoms. The van der Waals surface area contributed by atoms with Crippen molar-refractivity contribution in [2.45, 2.75) is 30.3 Å². The highest BCUT2D eigenvalue weighted by atomic mass is 32.2. The van der Waals surface area contributed by atoms with Gasteiger partial charge in [-0.2, -0.15) is 0 Å². The number of rotatable bonds is 6. The van der Waals surface area contributed by atoms with Gasteiger partial charge >= 0.3 is 18.0 Å². The lowest BCUT2D eigenvalue weighted by molar-refractivity contribution is -0.148. The molecule has 2 atom stereocenters. The number of carbonyl (C=O) groups excluding carboxylic acids is 2. The largest absolute Gasteiger partial charge is 0.477 e. The number of nitrogens with two attached hydrogens (primary N) is 1. The number of hydrogen-bond donors (Lipinski definition) is 3. The molecule has 4 heterocycles. The lowest BCUT2D eigenvalue weighted by Gasteiger charge is -2.47. The van der Waals surface area contributed by atoms with Crippen molar-refractivity contribution in [1.29, 1.82) is 0 Å². The molecule has 42 heavy (non-hydrogen) atoms. The van der Waals surface area contributed by atoms with Gasteiger partial charge in [-0.25, -0.2) is 23.2 Å². The van der Waals surface area contributed by atoms with E-state index < -0.39 is 58.0 Å². The Kier molecular flexibility index (Phi) is 6.84. The van der Waals surface area contributed by atoms with Crippen LogP contribution >= 0.6 is 11.8 Å². The normalized spacial score (nSPS) is 22.3. The summed E-state index contributed by atoms with van der Waals surface area (Å²) in [6.45, 7) is -0.245. The summed E-state index contributed by atoms with van der Waals surface area (Å²) in [5, 5.41) is 18.2. The van der Waals surface area contributed by atoms with E-state index in [2.05, 4.69) is 0 Å². The predicted octanol–water partition coefficient (Wildman–Crippen LogP) is 1.15. The van der Waals surface area contributed by atoms with Crippen LogP contribution in [0.1, 0.15) is 29.2 Å². The Balaban J connectivity index is 1.18. The first-order valence-corrected chi connectivity index (χ1v) is 14.2. The third-order valence-corrected chi connectivity index (χ3v) is 9.23. The number of aliphatic carboxylic acids is 1. The zero-order chi connectivity index (χ0) is 30.0. The maximum atomic E-state index is 15.9. The average Bonchev–Trinajstić information content (AvgIpc) is 3.81. The highest BCUT2D eigenvalue weighted by molar-refractivity contribution is 8.00. The molecular formula is C26H25F2N5O8S. The van der Waals surface area contributed by atoms with Crippen LogP contribution in [0, 0.1) is 11.6 Å². The molecule has 1 saturated carbocycles. The number of nitrogens with zero attached hydrogens (tertiary/aromatic N) is 4. The van der Waals surface area contributed by atoms with Crippen molar-refractivity contribution in [3.8, 4) is 0 Å². The minimum atomic E-state index is -1.48. The highest BCUT2D eigenvalue weighted by Gasteiger charge is 2.51. The summed E-state index contributed by atoms with van der Waals surface area (Å²) in [4.78, 5) is 64.8. The Hall–Kier alpha value is -4.18. The number of carboxylic acids is 2. The quantitative estimate of drug-likeness (QED) is 0.403. The summed E-state index contributed by atoms with van der Waals surface area (Å²) in [5.41, 5.74) is 3.67. The Labute approximate surface area is 240 Å². The Morgan fingerprint density at radius 3 is 2.38 bits per heavy atom. The first-order chi connectivity index (χ1) is 20.0. The van der Waals surface area contributed by atoms with Gasteiger partial charge in [0.15, 0.2) is 5.82 Å². The molecule has 0 unspecified atom stereocenters. The Morgan fingerprint density at radius 1 is 1.07 bits per heavy atom. The smallest absolute Gasteiger partial charge is 0.410 e. The van der Waals surface area contributed by atoms with E-state index in [9.17, 15) is 34.2 Å². The van der Waals surface area contributed by atoms with Crippen LogP contribution in [0.15, 0.2) is 28.3 Å². The number of pyridine rings is 1. The summed E-state index contributed by atoms with van der Waals surface area (Å²) < 4.78 is 37.9. The van der Waals surface area contributed by atoms with Gasteiger partial charge in [0.1, 0.15) is 40.8 Å². The summed E-state index contributed by atoms with van der Waals surface area (Å²) >= 11 is 1.28. The van der Waals surface area contributed by atoms with E-state index in [4.69, 9.17) is 10.5 Å². The average molecular weight is 606 g/mol. The number of anilines is 1. The minimum Gasteiger partial charge on any atom is -0.477 e. The van der Waals surface area contributed by atoms with Crippen molar-refractivity contribution in [3.63, 3.8) is 0 Å². The van der Waals surface area contributed by atoms with Crippen LogP contribution in [0.2, 0.25) is 0 Å². The Morgan fingerprint density at radius 2 is 1.76 bits per heavy atom. The van der Waals surface area contributed by atoms with E-state index in [0.717, 1.165) is 17.2 Å². The second-order valence-corrected chi connectivity index (χ2v) is 11.6. The van der Waals surface area contributed by atoms with Crippen LogP contribution in [-0.4, -0.2) is 98.5 Å². The van der Waals surface area contributed by atoms with E-state index in [1.807, 2.05) is 0 Å². The second-order valence-electron chi connectivity index (χ2n) is 10.5. The maximum absolute atomic E-state index is 15.9. The van der Waals surface area contributed by atoms with E-state index in [0.29, 0.717) is 12.8 Å². The van der Waals surface area contributed by atoms with Gasteiger partial charge in [0.2, 0.25) is 11.3 Å². The molecular weight excluding hydrogens is 580 g/mol.